The van der Waals surface area contributed by atoms with Gasteiger partial charge in [-0.25, -0.2) is 4.39 Å². The van der Waals surface area contributed by atoms with E-state index in [2.05, 4.69) is 10.2 Å². The Bertz CT molecular complexity index is 585. The van der Waals surface area contributed by atoms with Gasteiger partial charge in [-0.2, -0.15) is 0 Å². The fourth-order valence-electron chi connectivity index (χ4n) is 1.38. The summed E-state index contributed by atoms with van der Waals surface area (Å²) in [5, 5.41) is 8.49. The molecule has 1 aromatic heterocycles. The zero-order valence-electron chi connectivity index (χ0n) is 10.3. The Labute approximate surface area is 108 Å². The van der Waals surface area contributed by atoms with E-state index in [1.165, 1.54) is 24.9 Å². The largest absolute Gasteiger partial charge is 0.495 e. The Morgan fingerprint density at radius 2 is 2.11 bits per heavy atom. The van der Waals surface area contributed by atoms with Crippen LogP contribution in [0.3, 0.4) is 0 Å². The summed E-state index contributed by atoms with van der Waals surface area (Å²) in [7, 11) is 3.31. The molecule has 7 heteroatoms. The van der Waals surface area contributed by atoms with Crippen molar-refractivity contribution in [2.24, 2.45) is 7.05 Å². The first kappa shape index (κ1) is 12.7. The van der Waals surface area contributed by atoms with Gasteiger partial charge in [-0.15, -0.1) is 10.2 Å². The molecule has 0 unspecified atom stereocenters. The van der Waals surface area contributed by atoms with Crippen molar-refractivity contribution in [3.05, 3.63) is 23.8 Å². The van der Waals surface area contributed by atoms with Gasteiger partial charge in [0.1, 0.15) is 17.4 Å². The van der Waals surface area contributed by atoms with Crippen LogP contribution in [0.15, 0.2) is 22.2 Å². The Balaban J connectivity index is 2.37. The van der Waals surface area contributed by atoms with Crippen molar-refractivity contribution in [2.45, 2.75) is 17.0 Å². The number of nitrogens with zero attached hydrogens (tertiary/aromatic N) is 3. The Morgan fingerprint density at radius 1 is 1.39 bits per heavy atom. The van der Waals surface area contributed by atoms with Crippen LogP contribution in [-0.4, -0.2) is 21.9 Å². The van der Waals surface area contributed by atoms with E-state index in [1.807, 2.05) is 14.0 Å². The second-order valence-corrected chi connectivity index (χ2v) is 4.72. The average molecular weight is 268 g/mol. The molecule has 5 nitrogen and oxygen atoms in total. The van der Waals surface area contributed by atoms with E-state index in [-0.39, 0.29) is 5.69 Å². The molecule has 1 heterocycles. The van der Waals surface area contributed by atoms with Crippen LogP contribution in [0.1, 0.15) is 5.82 Å². The fraction of sp³-hybridized carbons (Fsp3) is 0.273. The van der Waals surface area contributed by atoms with Gasteiger partial charge in [0, 0.05) is 13.1 Å². The molecule has 0 aliphatic carbocycles. The Kier molecular flexibility index (Phi) is 3.42. The Hall–Kier alpha value is -1.76. The number of ether oxygens (including phenoxy) is 1. The van der Waals surface area contributed by atoms with Gasteiger partial charge in [-0.1, -0.05) is 0 Å². The number of rotatable bonds is 3. The highest BCUT2D eigenvalue weighted by atomic mass is 32.2. The third kappa shape index (κ3) is 2.26. The predicted molar refractivity (Wildman–Crippen MR) is 67.2 cm³/mol. The number of aryl methyl sites for hydroxylation is 1. The molecule has 0 radical (unpaired) electrons. The minimum Gasteiger partial charge on any atom is -0.495 e. The molecule has 96 valence electrons. The van der Waals surface area contributed by atoms with E-state index in [1.54, 1.807) is 10.6 Å². The van der Waals surface area contributed by atoms with Crippen molar-refractivity contribution < 1.29 is 9.13 Å². The van der Waals surface area contributed by atoms with Gasteiger partial charge in [0.25, 0.3) is 0 Å². The van der Waals surface area contributed by atoms with Crippen LogP contribution in [0.4, 0.5) is 10.1 Å². The average Bonchev–Trinajstić information content (AvgIpc) is 2.64. The second kappa shape index (κ2) is 4.85. The molecule has 0 atom stereocenters. The summed E-state index contributed by atoms with van der Waals surface area (Å²) >= 11 is 1.18. The lowest BCUT2D eigenvalue weighted by Crippen LogP contribution is -1.97. The number of methoxy groups -OCH3 is 1. The molecular weight excluding hydrogens is 255 g/mol. The summed E-state index contributed by atoms with van der Waals surface area (Å²) in [6.45, 7) is 1.83. The van der Waals surface area contributed by atoms with Gasteiger partial charge in [0.05, 0.1) is 17.7 Å². The van der Waals surface area contributed by atoms with Gasteiger partial charge in [-0.05, 0) is 24.8 Å². The molecular formula is C11H13FN4OS. The summed E-state index contributed by atoms with van der Waals surface area (Å²) in [6, 6.07) is 2.80. The van der Waals surface area contributed by atoms with E-state index >= 15 is 0 Å². The quantitative estimate of drug-likeness (QED) is 0.862. The van der Waals surface area contributed by atoms with Crippen LogP contribution < -0.4 is 10.5 Å². The van der Waals surface area contributed by atoms with Crippen LogP contribution >= 0.6 is 11.8 Å². The number of benzene rings is 1. The standard InChI is InChI=1S/C11H13FN4OS/c1-6-14-15-11(16(6)2)18-10-5-9(17-3)8(13)4-7(10)12/h4-5H,13H2,1-3H3. The molecule has 0 fully saturated rings. The Morgan fingerprint density at radius 3 is 2.67 bits per heavy atom. The molecule has 0 saturated heterocycles. The fourth-order valence-corrected chi connectivity index (χ4v) is 2.25. The number of nitrogens with two attached hydrogens (primary N) is 1. The van der Waals surface area contributed by atoms with Crippen LogP contribution in [-0.2, 0) is 7.05 Å². The van der Waals surface area contributed by atoms with Crippen molar-refractivity contribution in [3.8, 4) is 5.75 Å². The maximum atomic E-state index is 13.8. The molecule has 0 amide bonds. The molecule has 1 aromatic carbocycles. The topological polar surface area (TPSA) is 66.0 Å². The van der Waals surface area contributed by atoms with Gasteiger partial charge in [-0.3, -0.25) is 0 Å². The maximum Gasteiger partial charge on any atom is 0.195 e. The molecule has 0 aliphatic heterocycles. The van der Waals surface area contributed by atoms with Crippen molar-refractivity contribution in [1.82, 2.24) is 14.8 Å². The summed E-state index contributed by atoms with van der Waals surface area (Å²) in [4.78, 5) is 0.400. The minimum absolute atomic E-state index is 0.272. The molecule has 2 N–H and O–H groups in total. The highest BCUT2D eigenvalue weighted by molar-refractivity contribution is 7.99. The number of aromatic nitrogens is 3. The first-order chi connectivity index (χ1) is 8.52. The number of halogens is 1. The monoisotopic (exact) mass is 268 g/mol. The number of hydrogen-bond acceptors (Lipinski definition) is 5. The van der Waals surface area contributed by atoms with E-state index < -0.39 is 5.82 Å². The second-order valence-electron chi connectivity index (χ2n) is 3.72. The lowest BCUT2D eigenvalue weighted by atomic mass is 10.3. The van der Waals surface area contributed by atoms with E-state index in [0.717, 1.165) is 5.82 Å². The minimum atomic E-state index is -0.404. The van der Waals surface area contributed by atoms with Gasteiger partial charge < -0.3 is 15.0 Å². The summed E-state index contributed by atoms with van der Waals surface area (Å²) in [5.41, 5.74) is 5.89. The highest BCUT2D eigenvalue weighted by Crippen LogP contribution is 2.34. The zero-order valence-corrected chi connectivity index (χ0v) is 11.1. The predicted octanol–water partition coefficient (Wildman–Crippen LogP) is 2.00. The first-order valence-corrected chi connectivity index (χ1v) is 6.01. The normalized spacial score (nSPS) is 10.7. The molecule has 18 heavy (non-hydrogen) atoms. The van der Waals surface area contributed by atoms with Crippen molar-refractivity contribution in [1.29, 1.82) is 0 Å². The van der Waals surface area contributed by atoms with E-state index in [0.29, 0.717) is 15.8 Å². The van der Waals surface area contributed by atoms with Crippen molar-refractivity contribution in [3.63, 3.8) is 0 Å². The molecule has 0 bridgehead atoms. The van der Waals surface area contributed by atoms with Crippen LogP contribution in [0.25, 0.3) is 0 Å². The third-order valence-electron chi connectivity index (χ3n) is 2.54. The lowest BCUT2D eigenvalue weighted by molar-refractivity contribution is 0.414. The van der Waals surface area contributed by atoms with Gasteiger partial charge >= 0.3 is 0 Å². The molecule has 0 spiro atoms. The number of anilines is 1. The smallest absolute Gasteiger partial charge is 0.195 e. The summed E-state index contributed by atoms with van der Waals surface area (Å²) in [6.07, 6.45) is 0. The van der Waals surface area contributed by atoms with Gasteiger partial charge in [0.2, 0.25) is 0 Å². The summed E-state index contributed by atoms with van der Waals surface area (Å²) in [5.74, 6) is 0.803. The highest BCUT2D eigenvalue weighted by Gasteiger charge is 2.13. The molecule has 2 aromatic rings. The van der Waals surface area contributed by atoms with Crippen LogP contribution in [0.2, 0.25) is 0 Å². The van der Waals surface area contributed by atoms with Crippen molar-refractivity contribution in [2.75, 3.05) is 12.8 Å². The van der Waals surface area contributed by atoms with Gasteiger partial charge in [0.15, 0.2) is 5.16 Å². The molecule has 0 saturated carbocycles. The lowest BCUT2D eigenvalue weighted by Gasteiger charge is -2.08. The zero-order chi connectivity index (χ0) is 13.3. The van der Waals surface area contributed by atoms with Crippen LogP contribution in [0, 0.1) is 12.7 Å². The number of nitrogen functional groups attached to an aromatic ring is 1. The van der Waals surface area contributed by atoms with Crippen LogP contribution in [0.5, 0.6) is 5.75 Å². The SMILES string of the molecule is COc1cc(Sc2nnc(C)n2C)c(F)cc1N. The van der Waals surface area contributed by atoms with E-state index in [4.69, 9.17) is 10.5 Å². The molecule has 0 aliphatic rings. The van der Waals surface area contributed by atoms with Crippen molar-refractivity contribution >= 4 is 17.4 Å². The van der Waals surface area contributed by atoms with E-state index in [9.17, 15) is 4.39 Å². The third-order valence-corrected chi connectivity index (χ3v) is 3.61. The maximum absolute atomic E-state index is 13.8. The molecule has 2 rings (SSSR count). The first-order valence-electron chi connectivity index (χ1n) is 5.19. The summed E-state index contributed by atoms with van der Waals surface area (Å²) < 4.78 is 20.6. The number of hydrogen-bond donors (Lipinski definition) is 1.